The molecule has 56 heavy (non-hydrogen) atoms. The molecule has 0 aliphatic heterocycles. The van der Waals surface area contributed by atoms with Crippen LogP contribution in [-0.4, -0.2) is 32.4 Å². The van der Waals surface area contributed by atoms with Gasteiger partial charge in [0.25, 0.3) is 0 Å². The molecule has 1 aromatic carbocycles. The van der Waals surface area contributed by atoms with Crippen molar-refractivity contribution in [3.05, 3.63) is 23.3 Å². The molecule has 0 fully saturated rings. The Bertz CT molecular complexity index is 1040. The summed E-state index contributed by atoms with van der Waals surface area (Å²) >= 11 is 0. The van der Waals surface area contributed by atoms with Crippen molar-refractivity contribution in [3.8, 4) is 11.5 Å². The number of hydrogen-bond donors (Lipinski definition) is 4. The van der Waals surface area contributed by atoms with Gasteiger partial charge in [-0.25, -0.2) is 0 Å². The fourth-order valence-electron chi connectivity index (χ4n) is 8.36. The van der Waals surface area contributed by atoms with E-state index in [1.807, 2.05) is 6.07 Å². The van der Waals surface area contributed by atoms with Gasteiger partial charge in [0.15, 0.2) is 11.5 Å². The molecule has 0 aliphatic carbocycles. The summed E-state index contributed by atoms with van der Waals surface area (Å²) in [5, 5.41) is 38.2. The molecule has 0 saturated heterocycles. The Morgan fingerprint density at radius 3 is 0.821 bits per heavy atom. The van der Waals surface area contributed by atoms with Crippen LogP contribution in [0.5, 0.6) is 11.5 Å². The Labute approximate surface area is 345 Å². The Hall–Kier alpha value is -2.24. The van der Waals surface area contributed by atoms with Gasteiger partial charge in [-0.05, 0) is 50.2 Å². The van der Waals surface area contributed by atoms with Crippen LogP contribution in [-0.2, 0) is 22.4 Å². The minimum atomic E-state index is -0.666. The first-order valence-corrected chi connectivity index (χ1v) is 24.4. The van der Waals surface area contributed by atoms with Crippen LogP contribution in [0, 0.1) is 0 Å². The number of benzene rings is 1. The average Bonchev–Trinajstić information content (AvgIpc) is 3.17. The molecule has 0 atom stereocenters. The van der Waals surface area contributed by atoms with Crippen LogP contribution in [0.15, 0.2) is 12.1 Å². The van der Waals surface area contributed by atoms with Crippen molar-refractivity contribution >= 4 is 11.9 Å². The van der Waals surface area contributed by atoms with Gasteiger partial charge in [-0.1, -0.05) is 224 Å². The van der Waals surface area contributed by atoms with E-state index in [0.717, 1.165) is 56.9 Å². The van der Waals surface area contributed by atoms with E-state index in [9.17, 15) is 19.8 Å². The predicted octanol–water partition coefficient (Wildman–Crippen LogP) is 16.0. The quantitative estimate of drug-likeness (QED) is 0.0387. The molecule has 0 spiro atoms. The first kappa shape index (κ1) is 51.8. The molecule has 0 aliphatic rings. The number of hydrogen-bond acceptors (Lipinski definition) is 4. The van der Waals surface area contributed by atoms with Crippen molar-refractivity contribution in [2.45, 2.75) is 270 Å². The van der Waals surface area contributed by atoms with E-state index >= 15 is 0 Å². The number of aromatic hydroxyl groups is 2. The van der Waals surface area contributed by atoms with Crippen LogP contribution >= 0.6 is 0 Å². The summed E-state index contributed by atoms with van der Waals surface area (Å²) in [6, 6.07) is 3.71. The molecule has 4 N–H and O–H groups in total. The molecule has 0 unspecified atom stereocenters. The number of phenols is 2. The standard InChI is InChI=1S/C50H90O6/c51-47-44-43-45(39-35-31-27-23-19-15-11-7-3-1-5-9-13-17-21-25-29-33-37-41-48(52)53)46(50(47)56)40-36-32-28-24-20-16-12-8-4-2-6-10-14-18-22-26-30-34-38-42-49(54)55/h43-44,51,56H,1-42H2,(H,52,53)(H,54,55). The van der Waals surface area contributed by atoms with Crippen LogP contribution in [0.2, 0.25) is 0 Å². The van der Waals surface area contributed by atoms with Crippen LogP contribution in [0.4, 0.5) is 0 Å². The topological polar surface area (TPSA) is 115 Å². The van der Waals surface area contributed by atoms with Gasteiger partial charge in [-0.15, -0.1) is 0 Å². The van der Waals surface area contributed by atoms with Gasteiger partial charge >= 0.3 is 11.9 Å². The molecular formula is C50H90O6. The van der Waals surface area contributed by atoms with E-state index in [-0.39, 0.29) is 11.5 Å². The molecule has 0 heterocycles. The number of unbranched alkanes of at least 4 members (excludes halogenated alkanes) is 36. The number of phenolic OH excluding ortho intramolecular Hbond substituents is 2. The maximum atomic E-state index is 10.7. The first-order chi connectivity index (χ1) is 27.4. The smallest absolute Gasteiger partial charge is 0.303 e. The van der Waals surface area contributed by atoms with E-state index in [2.05, 4.69) is 0 Å². The lowest BCUT2D eigenvalue weighted by atomic mass is 9.95. The molecule has 0 aromatic heterocycles. The van der Waals surface area contributed by atoms with Crippen molar-refractivity contribution in [1.29, 1.82) is 0 Å². The molecule has 6 heteroatoms. The van der Waals surface area contributed by atoms with E-state index in [0.29, 0.717) is 12.8 Å². The summed E-state index contributed by atoms with van der Waals surface area (Å²) in [6.07, 6.45) is 51.0. The molecule has 6 nitrogen and oxygen atoms in total. The Balaban J connectivity index is 1.92. The summed E-state index contributed by atoms with van der Waals surface area (Å²) < 4.78 is 0. The second kappa shape index (κ2) is 39.6. The third kappa shape index (κ3) is 33.9. The van der Waals surface area contributed by atoms with Crippen molar-refractivity contribution in [1.82, 2.24) is 0 Å². The van der Waals surface area contributed by atoms with Crippen molar-refractivity contribution in [2.75, 3.05) is 0 Å². The minimum absolute atomic E-state index is 0.0248. The summed E-state index contributed by atoms with van der Waals surface area (Å²) in [5.41, 5.74) is 2.21. The van der Waals surface area contributed by atoms with E-state index < -0.39 is 11.9 Å². The van der Waals surface area contributed by atoms with Gasteiger partial charge in [0.1, 0.15) is 0 Å². The first-order valence-electron chi connectivity index (χ1n) is 24.4. The Morgan fingerprint density at radius 2 is 0.554 bits per heavy atom. The highest BCUT2D eigenvalue weighted by molar-refractivity contribution is 5.66. The lowest BCUT2D eigenvalue weighted by molar-refractivity contribution is -0.138. The number of carboxylic acid groups (broad SMARTS) is 2. The maximum Gasteiger partial charge on any atom is 0.303 e. The normalized spacial score (nSPS) is 11.4. The SMILES string of the molecule is O=C(O)CCCCCCCCCCCCCCCCCCCCCc1ccc(O)c(O)c1CCCCCCCCCCCCCCCCCCCCCC(=O)O. The molecule has 0 saturated carbocycles. The highest BCUT2D eigenvalue weighted by Gasteiger charge is 2.12. The van der Waals surface area contributed by atoms with E-state index in [1.165, 1.54) is 211 Å². The monoisotopic (exact) mass is 787 g/mol. The second-order valence-electron chi connectivity index (χ2n) is 17.3. The van der Waals surface area contributed by atoms with Crippen molar-refractivity contribution < 1.29 is 30.0 Å². The van der Waals surface area contributed by atoms with Crippen LogP contribution in [0.1, 0.15) is 268 Å². The van der Waals surface area contributed by atoms with Crippen LogP contribution < -0.4 is 0 Å². The fraction of sp³-hybridized carbons (Fsp3) is 0.840. The highest BCUT2D eigenvalue weighted by atomic mass is 16.4. The van der Waals surface area contributed by atoms with Crippen LogP contribution in [0.25, 0.3) is 0 Å². The zero-order valence-corrected chi connectivity index (χ0v) is 36.5. The summed E-state index contributed by atoms with van der Waals surface area (Å²) in [6.45, 7) is 0. The second-order valence-corrected chi connectivity index (χ2v) is 17.3. The van der Waals surface area contributed by atoms with Gasteiger partial charge in [-0.2, -0.15) is 0 Å². The molecule has 0 amide bonds. The number of carbonyl (C=O) groups is 2. The Kier molecular flexibility index (Phi) is 36.6. The largest absolute Gasteiger partial charge is 0.504 e. The van der Waals surface area contributed by atoms with Gasteiger partial charge in [0, 0.05) is 18.4 Å². The average molecular weight is 787 g/mol. The molecule has 1 aromatic rings. The third-order valence-corrected chi connectivity index (χ3v) is 12.0. The summed E-state index contributed by atoms with van der Waals surface area (Å²) in [4.78, 5) is 21.1. The summed E-state index contributed by atoms with van der Waals surface area (Å²) in [5.74, 6) is -1.19. The number of rotatable bonds is 44. The highest BCUT2D eigenvalue weighted by Crippen LogP contribution is 2.34. The van der Waals surface area contributed by atoms with E-state index in [4.69, 9.17) is 10.2 Å². The van der Waals surface area contributed by atoms with Gasteiger partial charge < -0.3 is 20.4 Å². The van der Waals surface area contributed by atoms with Crippen molar-refractivity contribution in [3.63, 3.8) is 0 Å². The lowest BCUT2D eigenvalue weighted by Gasteiger charge is -2.13. The number of aliphatic carboxylic acids is 2. The lowest BCUT2D eigenvalue weighted by Crippen LogP contribution is -1.97. The Morgan fingerprint density at radius 1 is 0.321 bits per heavy atom. The van der Waals surface area contributed by atoms with Gasteiger partial charge in [0.05, 0.1) is 0 Å². The predicted molar refractivity (Wildman–Crippen MR) is 237 cm³/mol. The third-order valence-electron chi connectivity index (χ3n) is 12.0. The maximum absolute atomic E-state index is 10.7. The molecule has 1 rings (SSSR count). The minimum Gasteiger partial charge on any atom is -0.504 e. The zero-order chi connectivity index (χ0) is 40.6. The molecule has 0 bridgehead atoms. The van der Waals surface area contributed by atoms with E-state index in [1.54, 1.807) is 6.07 Å². The fourth-order valence-corrected chi connectivity index (χ4v) is 8.36. The number of aryl methyl sites for hydroxylation is 1. The number of carboxylic acids is 2. The molecular weight excluding hydrogens is 697 g/mol. The van der Waals surface area contributed by atoms with Crippen molar-refractivity contribution in [2.24, 2.45) is 0 Å². The van der Waals surface area contributed by atoms with Gasteiger partial charge in [-0.3, -0.25) is 9.59 Å². The zero-order valence-electron chi connectivity index (χ0n) is 36.5. The van der Waals surface area contributed by atoms with Gasteiger partial charge in [0.2, 0.25) is 0 Å². The van der Waals surface area contributed by atoms with Crippen LogP contribution in [0.3, 0.4) is 0 Å². The molecule has 326 valence electrons. The summed E-state index contributed by atoms with van der Waals surface area (Å²) in [7, 11) is 0. The molecule has 0 radical (unpaired) electrons.